The van der Waals surface area contributed by atoms with E-state index in [1.807, 2.05) is 24.4 Å². The summed E-state index contributed by atoms with van der Waals surface area (Å²) in [5, 5.41) is 5.99. The third-order valence-corrected chi connectivity index (χ3v) is 5.93. The summed E-state index contributed by atoms with van der Waals surface area (Å²) in [6.07, 6.45) is 1.48. The van der Waals surface area contributed by atoms with E-state index in [4.69, 9.17) is 4.74 Å². The van der Waals surface area contributed by atoms with Gasteiger partial charge in [-0.25, -0.2) is 4.98 Å². The minimum Gasteiger partial charge on any atom is -0.493 e. The number of rotatable bonds is 7. The van der Waals surface area contributed by atoms with Crippen molar-refractivity contribution in [2.24, 2.45) is 0 Å². The lowest BCUT2D eigenvalue weighted by atomic mass is 10.1. The van der Waals surface area contributed by atoms with Crippen molar-refractivity contribution in [1.82, 2.24) is 15.2 Å². The molecule has 1 saturated heterocycles. The van der Waals surface area contributed by atoms with Crippen molar-refractivity contribution in [1.29, 1.82) is 0 Å². The summed E-state index contributed by atoms with van der Waals surface area (Å²) in [6.45, 7) is 7.53. The summed E-state index contributed by atoms with van der Waals surface area (Å²) in [4.78, 5) is 32.0. The highest BCUT2D eigenvalue weighted by atomic mass is 32.1. The maximum Gasteiger partial charge on any atom is 0.258 e. The number of amides is 2. The molecule has 0 aliphatic carbocycles. The number of likely N-dealkylation sites (tertiary alicyclic amines) is 1. The quantitative estimate of drug-likeness (QED) is 0.770. The van der Waals surface area contributed by atoms with Crippen LogP contribution in [0.5, 0.6) is 5.75 Å². The largest absolute Gasteiger partial charge is 0.493 e. The molecule has 2 amide bonds. The van der Waals surface area contributed by atoms with Gasteiger partial charge in [0.15, 0.2) is 0 Å². The zero-order valence-electron chi connectivity index (χ0n) is 16.6. The molecule has 2 aromatic rings. The van der Waals surface area contributed by atoms with Crippen molar-refractivity contribution in [2.45, 2.75) is 52.1 Å². The Hall–Kier alpha value is -2.41. The topological polar surface area (TPSA) is 71.5 Å². The molecule has 6 nitrogen and oxygen atoms in total. The number of carbonyl (C=O) groups is 2. The zero-order valence-corrected chi connectivity index (χ0v) is 17.4. The fourth-order valence-corrected chi connectivity index (χ4v) is 4.16. The van der Waals surface area contributed by atoms with Crippen LogP contribution in [0.15, 0.2) is 29.6 Å². The highest BCUT2D eigenvalue weighted by Gasteiger charge is 2.35. The zero-order chi connectivity index (χ0) is 20.1. The van der Waals surface area contributed by atoms with Crippen LogP contribution in [0.2, 0.25) is 0 Å². The Kier molecular flexibility index (Phi) is 6.67. The van der Waals surface area contributed by atoms with Gasteiger partial charge in [0.05, 0.1) is 29.4 Å². The number of aromatic nitrogens is 1. The van der Waals surface area contributed by atoms with Crippen LogP contribution in [0.3, 0.4) is 0 Å². The molecule has 1 fully saturated rings. The number of thiazole rings is 1. The standard InChI is InChI=1S/C21H27N3O3S/c1-4-27-18-10-6-5-8-16(18)21(26)24-11-7-9-17(24)19(25)22-12-15-13-28-20(23-15)14(2)3/h5-6,8,10,13-14,17H,4,7,9,11-12H2,1-3H3,(H,22,25). The summed E-state index contributed by atoms with van der Waals surface area (Å²) >= 11 is 1.61. The van der Waals surface area contributed by atoms with Gasteiger partial charge in [-0.05, 0) is 31.9 Å². The van der Waals surface area contributed by atoms with Crippen molar-refractivity contribution in [3.63, 3.8) is 0 Å². The number of nitrogens with one attached hydrogen (secondary N) is 1. The Labute approximate surface area is 169 Å². The summed E-state index contributed by atoms with van der Waals surface area (Å²) in [6, 6.07) is 6.75. The minimum absolute atomic E-state index is 0.126. The molecule has 0 saturated carbocycles. The first kappa shape index (κ1) is 20.3. The molecule has 150 valence electrons. The van der Waals surface area contributed by atoms with Crippen molar-refractivity contribution in [2.75, 3.05) is 13.2 Å². The van der Waals surface area contributed by atoms with E-state index in [-0.39, 0.29) is 11.8 Å². The van der Waals surface area contributed by atoms with Gasteiger partial charge in [-0.3, -0.25) is 9.59 Å². The van der Waals surface area contributed by atoms with Gasteiger partial charge in [-0.2, -0.15) is 0 Å². The van der Waals surface area contributed by atoms with Crippen LogP contribution in [0.1, 0.15) is 60.6 Å². The first-order valence-corrected chi connectivity index (χ1v) is 10.6. The van der Waals surface area contributed by atoms with Crippen molar-refractivity contribution in [3.8, 4) is 5.75 Å². The Morgan fingerprint density at radius 1 is 1.36 bits per heavy atom. The first-order valence-electron chi connectivity index (χ1n) is 9.76. The number of para-hydroxylation sites is 1. The van der Waals surface area contributed by atoms with Gasteiger partial charge in [-0.1, -0.05) is 26.0 Å². The Balaban J connectivity index is 1.66. The molecule has 28 heavy (non-hydrogen) atoms. The predicted octanol–water partition coefficient (Wildman–Crippen LogP) is 3.59. The summed E-state index contributed by atoms with van der Waals surface area (Å²) in [7, 11) is 0. The molecule has 0 radical (unpaired) electrons. The van der Waals surface area contributed by atoms with E-state index in [1.54, 1.807) is 28.4 Å². The Morgan fingerprint density at radius 3 is 2.86 bits per heavy atom. The SMILES string of the molecule is CCOc1ccccc1C(=O)N1CCCC1C(=O)NCc1csc(C(C)C)n1. The molecular weight excluding hydrogens is 374 g/mol. The van der Waals surface area contributed by atoms with Gasteiger partial charge in [0.2, 0.25) is 5.91 Å². The van der Waals surface area contributed by atoms with E-state index < -0.39 is 6.04 Å². The molecule has 1 aliphatic heterocycles. The van der Waals surface area contributed by atoms with Gasteiger partial charge in [0, 0.05) is 17.8 Å². The number of benzene rings is 1. The van der Waals surface area contributed by atoms with Crippen LogP contribution < -0.4 is 10.1 Å². The molecule has 1 atom stereocenters. The number of nitrogens with zero attached hydrogens (tertiary/aromatic N) is 2. The van der Waals surface area contributed by atoms with E-state index in [2.05, 4.69) is 24.1 Å². The summed E-state index contributed by atoms with van der Waals surface area (Å²) < 4.78 is 5.59. The number of ether oxygens (including phenoxy) is 1. The number of hydrogen-bond donors (Lipinski definition) is 1. The normalized spacial score (nSPS) is 16.4. The maximum absolute atomic E-state index is 13.1. The average Bonchev–Trinajstić information content (AvgIpc) is 3.36. The lowest BCUT2D eigenvalue weighted by Crippen LogP contribution is -2.45. The van der Waals surface area contributed by atoms with Crippen molar-refractivity contribution < 1.29 is 14.3 Å². The lowest BCUT2D eigenvalue weighted by Gasteiger charge is -2.24. The molecule has 1 aromatic heterocycles. The fraction of sp³-hybridized carbons (Fsp3) is 0.476. The third-order valence-electron chi connectivity index (χ3n) is 4.74. The molecule has 1 unspecified atom stereocenters. The second kappa shape index (κ2) is 9.19. The van der Waals surface area contributed by atoms with Crippen LogP contribution >= 0.6 is 11.3 Å². The predicted molar refractivity (Wildman–Crippen MR) is 110 cm³/mol. The maximum atomic E-state index is 13.1. The third kappa shape index (κ3) is 4.52. The van der Waals surface area contributed by atoms with Gasteiger partial charge in [0.25, 0.3) is 5.91 Å². The van der Waals surface area contributed by atoms with Gasteiger partial charge in [-0.15, -0.1) is 11.3 Å². The second-order valence-electron chi connectivity index (χ2n) is 7.14. The van der Waals surface area contributed by atoms with E-state index in [0.29, 0.717) is 43.3 Å². The lowest BCUT2D eigenvalue weighted by molar-refractivity contribution is -0.125. The van der Waals surface area contributed by atoms with Crippen molar-refractivity contribution in [3.05, 3.63) is 45.9 Å². The van der Waals surface area contributed by atoms with E-state index in [0.717, 1.165) is 17.1 Å². The van der Waals surface area contributed by atoms with Crippen LogP contribution in [-0.2, 0) is 11.3 Å². The van der Waals surface area contributed by atoms with Crippen LogP contribution in [0, 0.1) is 0 Å². The van der Waals surface area contributed by atoms with E-state index in [9.17, 15) is 9.59 Å². The number of carbonyl (C=O) groups excluding carboxylic acids is 2. The molecular formula is C21H27N3O3S. The van der Waals surface area contributed by atoms with Gasteiger partial charge >= 0.3 is 0 Å². The highest BCUT2D eigenvalue weighted by Crippen LogP contribution is 2.25. The molecule has 0 bridgehead atoms. The molecule has 2 heterocycles. The smallest absolute Gasteiger partial charge is 0.258 e. The summed E-state index contributed by atoms with van der Waals surface area (Å²) in [5.74, 6) is 0.656. The molecule has 0 spiro atoms. The van der Waals surface area contributed by atoms with Crippen LogP contribution in [0.25, 0.3) is 0 Å². The van der Waals surface area contributed by atoms with Crippen LogP contribution in [-0.4, -0.2) is 40.9 Å². The molecule has 7 heteroatoms. The van der Waals surface area contributed by atoms with Crippen LogP contribution in [0.4, 0.5) is 0 Å². The Morgan fingerprint density at radius 2 is 2.14 bits per heavy atom. The number of hydrogen-bond acceptors (Lipinski definition) is 5. The van der Waals surface area contributed by atoms with Gasteiger partial charge < -0.3 is 15.0 Å². The van der Waals surface area contributed by atoms with E-state index in [1.165, 1.54) is 0 Å². The molecule has 1 N–H and O–H groups in total. The van der Waals surface area contributed by atoms with Crippen molar-refractivity contribution >= 4 is 23.2 Å². The highest BCUT2D eigenvalue weighted by molar-refractivity contribution is 7.09. The minimum atomic E-state index is -0.453. The monoisotopic (exact) mass is 401 g/mol. The first-order chi connectivity index (χ1) is 13.5. The second-order valence-corrected chi connectivity index (χ2v) is 8.03. The Bertz CT molecular complexity index is 834. The molecule has 3 rings (SSSR count). The molecule has 1 aliphatic rings. The summed E-state index contributed by atoms with van der Waals surface area (Å²) in [5.41, 5.74) is 1.37. The molecule has 1 aromatic carbocycles. The fourth-order valence-electron chi connectivity index (χ4n) is 3.33. The van der Waals surface area contributed by atoms with Gasteiger partial charge in [0.1, 0.15) is 11.8 Å². The average molecular weight is 402 g/mol. The van der Waals surface area contributed by atoms with E-state index >= 15 is 0 Å².